The van der Waals surface area contributed by atoms with Gasteiger partial charge < -0.3 is 4.90 Å². The van der Waals surface area contributed by atoms with E-state index in [1.807, 2.05) is 13.8 Å². The Morgan fingerprint density at radius 1 is 1.40 bits per heavy atom. The van der Waals surface area contributed by atoms with E-state index >= 15 is 0 Å². The lowest BCUT2D eigenvalue weighted by molar-refractivity contribution is -0.129. The van der Waals surface area contributed by atoms with Crippen molar-refractivity contribution in [1.29, 1.82) is 0 Å². The Balaban J connectivity index is 3.92. The summed E-state index contributed by atoms with van der Waals surface area (Å²) in [5.41, 5.74) is 0. The first kappa shape index (κ1) is 14.0. The summed E-state index contributed by atoms with van der Waals surface area (Å²) in [6.45, 7) is 7.89. The van der Waals surface area contributed by atoms with Crippen molar-refractivity contribution in [3.8, 4) is 12.3 Å². The van der Waals surface area contributed by atoms with Crippen LogP contribution in [0.4, 0.5) is 0 Å². The standard InChI is InChI=1S/C12H22N2O/c1-5-9-11(6-2)13-10-12(15)14(7-3)8-4/h2,11,13H,5,7-10H2,1,3-4H3. The van der Waals surface area contributed by atoms with Crippen molar-refractivity contribution in [1.82, 2.24) is 10.2 Å². The summed E-state index contributed by atoms with van der Waals surface area (Å²) >= 11 is 0. The van der Waals surface area contributed by atoms with Gasteiger partial charge in [0.25, 0.3) is 0 Å². The van der Waals surface area contributed by atoms with Crippen molar-refractivity contribution in [3.05, 3.63) is 0 Å². The number of amides is 1. The molecule has 0 aliphatic carbocycles. The Morgan fingerprint density at radius 3 is 2.40 bits per heavy atom. The molecule has 1 unspecified atom stereocenters. The first-order valence-corrected chi connectivity index (χ1v) is 5.66. The monoisotopic (exact) mass is 210 g/mol. The van der Waals surface area contributed by atoms with E-state index in [1.54, 1.807) is 4.90 Å². The number of likely N-dealkylation sites (N-methyl/N-ethyl adjacent to an activating group) is 1. The summed E-state index contributed by atoms with van der Waals surface area (Å²) in [5, 5.41) is 3.09. The molecule has 0 aromatic carbocycles. The maximum Gasteiger partial charge on any atom is 0.236 e. The highest BCUT2D eigenvalue weighted by molar-refractivity contribution is 5.78. The van der Waals surface area contributed by atoms with Crippen LogP contribution in [0.15, 0.2) is 0 Å². The molecule has 0 saturated carbocycles. The smallest absolute Gasteiger partial charge is 0.236 e. The van der Waals surface area contributed by atoms with Gasteiger partial charge in [-0.2, -0.15) is 0 Å². The first-order chi connectivity index (χ1) is 7.19. The highest BCUT2D eigenvalue weighted by Crippen LogP contribution is 1.95. The van der Waals surface area contributed by atoms with Crippen LogP contribution in [-0.2, 0) is 4.79 Å². The van der Waals surface area contributed by atoms with Gasteiger partial charge in [0.05, 0.1) is 12.6 Å². The maximum atomic E-state index is 11.6. The molecule has 0 rings (SSSR count). The molecule has 0 radical (unpaired) electrons. The molecule has 1 N–H and O–H groups in total. The fraction of sp³-hybridized carbons (Fsp3) is 0.750. The number of carbonyl (C=O) groups is 1. The molecule has 3 nitrogen and oxygen atoms in total. The normalized spacial score (nSPS) is 11.9. The van der Waals surface area contributed by atoms with Crippen LogP contribution in [-0.4, -0.2) is 36.5 Å². The molecule has 0 fully saturated rings. The van der Waals surface area contributed by atoms with Crippen LogP contribution < -0.4 is 5.32 Å². The van der Waals surface area contributed by atoms with E-state index in [0.717, 1.165) is 25.9 Å². The molecule has 0 saturated heterocycles. The number of nitrogens with one attached hydrogen (secondary N) is 1. The zero-order chi connectivity index (χ0) is 11.7. The summed E-state index contributed by atoms with van der Waals surface area (Å²) in [6, 6.07) is 0.0227. The molecule has 3 heteroatoms. The van der Waals surface area contributed by atoms with Gasteiger partial charge in [-0.05, 0) is 20.3 Å². The largest absolute Gasteiger partial charge is 0.342 e. The van der Waals surface area contributed by atoms with Gasteiger partial charge in [-0.1, -0.05) is 19.3 Å². The fourth-order valence-electron chi connectivity index (χ4n) is 1.43. The maximum absolute atomic E-state index is 11.6. The van der Waals surface area contributed by atoms with E-state index in [4.69, 9.17) is 6.42 Å². The van der Waals surface area contributed by atoms with Crippen molar-refractivity contribution in [2.24, 2.45) is 0 Å². The lowest BCUT2D eigenvalue weighted by atomic mass is 10.2. The van der Waals surface area contributed by atoms with Crippen molar-refractivity contribution in [3.63, 3.8) is 0 Å². The van der Waals surface area contributed by atoms with Crippen LogP contribution in [0.3, 0.4) is 0 Å². The van der Waals surface area contributed by atoms with Crippen LogP contribution in [0, 0.1) is 12.3 Å². The van der Waals surface area contributed by atoms with E-state index < -0.39 is 0 Å². The minimum absolute atomic E-state index is 0.0227. The number of hydrogen-bond acceptors (Lipinski definition) is 2. The number of nitrogens with zero attached hydrogens (tertiary/aromatic N) is 1. The van der Waals surface area contributed by atoms with E-state index in [1.165, 1.54) is 0 Å². The van der Waals surface area contributed by atoms with Gasteiger partial charge >= 0.3 is 0 Å². The predicted molar refractivity (Wildman–Crippen MR) is 63.5 cm³/mol. The average molecular weight is 210 g/mol. The van der Waals surface area contributed by atoms with Crippen molar-refractivity contribution in [2.45, 2.75) is 39.7 Å². The quantitative estimate of drug-likeness (QED) is 0.641. The lowest BCUT2D eigenvalue weighted by Gasteiger charge is -2.20. The number of rotatable bonds is 7. The summed E-state index contributed by atoms with van der Waals surface area (Å²) in [6.07, 6.45) is 7.30. The molecule has 0 aromatic rings. The van der Waals surface area contributed by atoms with E-state index in [2.05, 4.69) is 18.2 Å². The molecular weight excluding hydrogens is 188 g/mol. The van der Waals surface area contributed by atoms with E-state index in [9.17, 15) is 4.79 Å². The molecule has 1 atom stereocenters. The van der Waals surface area contributed by atoms with E-state index in [-0.39, 0.29) is 11.9 Å². The summed E-state index contributed by atoms with van der Waals surface area (Å²) in [4.78, 5) is 13.4. The Labute approximate surface area is 93.2 Å². The zero-order valence-electron chi connectivity index (χ0n) is 10.0. The van der Waals surface area contributed by atoms with Gasteiger partial charge in [0.2, 0.25) is 5.91 Å². The Hall–Kier alpha value is -1.01. The first-order valence-electron chi connectivity index (χ1n) is 5.66. The van der Waals surface area contributed by atoms with Gasteiger partial charge in [0.1, 0.15) is 0 Å². The Bertz CT molecular complexity index is 216. The van der Waals surface area contributed by atoms with Gasteiger partial charge in [-0.15, -0.1) is 6.42 Å². The van der Waals surface area contributed by atoms with Gasteiger partial charge in [0.15, 0.2) is 0 Å². The molecule has 1 amide bonds. The molecule has 0 bridgehead atoms. The third-order valence-electron chi connectivity index (χ3n) is 2.39. The summed E-state index contributed by atoms with van der Waals surface area (Å²) in [7, 11) is 0. The summed E-state index contributed by atoms with van der Waals surface area (Å²) < 4.78 is 0. The molecule has 86 valence electrons. The van der Waals surface area contributed by atoms with Crippen LogP contribution in [0.5, 0.6) is 0 Å². The summed E-state index contributed by atoms with van der Waals surface area (Å²) in [5.74, 6) is 2.77. The number of hydrogen-bond donors (Lipinski definition) is 1. The Kier molecular flexibility index (Phi) is 7.75. The molecule has 0 aromatic heterocycles. The second-order valence-electron chi connectivity index (χ2n) is 3.45. The fourth-order valence-corrected chi connectivity index (χ4v) is 1.43. The second-order valence-corrected chi connectivity index (χ2v) is 3.45. The molecular formula is C12H22N2O. The molecule has 0 aliphatic rings. The second kappa shape index (κ2) is 8.31. The molecule has 0 heterocycles. The van der Waals surface area contributed by atoms with Crippen molar-refractivity contribution in [2.75, 3.05) is 19.6 Å². The highest BCUT2D eigenvalue weighted by Gasteiger charge is 2.11. The highest BCUT2D eigenvalue weighted by atomic mass is 16.2. The zero-order valence-corrected chi connectivity index (χ0v) is 10.0. The van der Waals surface area contributed by atoms with Crippen molar-refractivity contribution < 1.29 is 4.79 Å². The topological polar surface area (TPSA) is 32.3 Å². The lowest BCUT2D eigenvalue weighted by Crippen LogP contribution is -2.41. The average Bonchev–Trinajstić information content (AvgIpc) is 2.25. The third kappa shape index (κ3) is 5.44. The minimum Gasteiger partial charge on any atom is -0.342 e. The van der Waals surface area contributed by atoms with Crippen LogP contribution in [0.1, 0.15) is 33.6 Å². The number of terminal acetylenes is 1. The molecule has 15 heavy (non-hydrogen) atoms. The van der Waals surface area contributed by atoms with Gasteiger partial charge in [0, 0.05) is 13.1 Å². The third-order valence-corrected chi connectivity index (χ3v) is 2.39. The number of carbonyl (C=O) groups excluding carboxylic acids is 1. The van der Waals surface area contributed by atoms with Crippen LogP contribution >= 0.6 is 0 Å². The Morgan fingerprint density at radius 2 is 2.00 bits per heavy atom. The van der Waals surface area contributed by atoms with Crippen LogP contribution in [0.2, 0.25) is 0 Å². The van der Waals surface area contributed by atoms with Crippen LogP contribution in [0.25, 0.3) is 0 Å². The van der Waals surface area contributed by atoms with Gasteiger partial charge in [-0.25, -0.2) is 0 Å². The van der Waals surface area contributed by atoms with Crippen molar-refractivity contribution >= 4 is 5.91 Å². The minimum atomic E-state index is 0.0227. The molecule has 0 spiro atoms. The SMILES string of the molecule is C#CC(CCC)NCC(=O)N(CC)CC. The molecule has 0 aliphatic heterocycles. The predicted octanol–water partition coefficient (Wildman–Crippen LogP) is 1.25. The van der Waals surface area contributed by atoms with Gasteiger partial charge in [-0.3, -0.25) is 10.1 Å². The van der Waals surface area contributed by atoms with E-state index in [0.29, 0.717) is 6.54 Å².